The van der Waals surface area contributed by atoms with E-state index in [1.807, 2.05) is 18.2 Å². The number of benzene rings is 2. The lowest BCUT2D eigenvalue weighted by atomic mass is 10.2. The van der Waals surface area contributed by atoms with Crippen molar-refractivity contribution in [1.82, 2.24) is 4.90 Å². The van der Waals surface area contributed by atoms with Crippen LogP contribution in [0, 0.1) is 5.82 Å². The van der Waals surface area contributed by atoms with E-state index in [0.29, 0.717) is 34.4 Å². The molecule has 26 heavy (non-hydrogen) atoms. The van der Waals surface area contributed by atoms with Gasteiger partial charge in [0.15, 0.2) is 11.5 Å². The molecular weight excluding hydrogens is 377 g/mol. The van der Waals surface area contributed by atoms with Gasteiger partial charge in [-0.25, -0.2) is 4.39 Å². The van der Waals surface area contributed by atoms with E-state index >= 15 is 0 Å². The van der Waals surface area contributed by atoms with Crippen molar-refractivity contribution in [3.8, 4) is 11.5 Å². The van der Waals surface area contributed by atoms with E-state index in [1.54, 1.807) is 38.3 Å². The van der Waals surface area contributed by atoms with E-state index in [9.17, 15) is 9.18 Å². The van der Waals surface area contributed by atoms with Gasteiger partial charge in [-0.15, -0.1) is 11.8 Å². The molecule has 2 aromatic rings. The van der Waals surface area contributed by atoms with Crippen LogP contribution in [0.5, 0.6) is 11.5 Å². The molecule has 7 heteroatoms. The lowest BCUT2D eigenvalue weighted by Gasteiger charge is -2.18. The average Bonchev–Trinajstić information content (AvgIpc) is 2.63. The van der Waals surface area contributed by atoms with Crippen LogP contribution in [0.1, 0.15) is 11.1 Å². The second kappa shape index (κ2) is 9.69. The Morgan fingerprint density at radius 1 is 1.15 bits per heavy atom. The Bertz CT molecular complexity index is 772. The van der Waals surface area contributed by atoms with Gasteiger partial charge >= 0.3 is 0 Å². The highest BCUT2D eigenvalue weighted by molar-refractivity contribution is 7.99. The molecule has 0 aliphatic rings. The largest absolute Gasteiger partial charge is 0.493 e. The fraction of sp³-hybridized carbons (Fsp3) is 0.316. The molecule has 0 heterocycles. The maximum absolute atomic E-state index is 13.7. The quantitative estimate of drug-likeness (QED) is 0.662. The standard InChI is InChI=1S/C19H21ClFNO3S/c1-22(10-13-4-7-17(24-2)18(8-13)25-3)19(23)12-26-11-14-5-6-15(20)9-16(14)21/h4-9H,10-12H2,1-3H3. The first-order chi connectivity index (χ1) is 12.4. The number of nitrogens with zero attached hydrogens (tertiary/aromatic N) is 1. The Morgan fingerprint density at radius 3 is 2.54 bits per heavy atom. The summed E-state index contributed by atoms with van der Waals surface area (Å²) in [7, 11) is 4.89. The van der Waals surface area contributed by atoms with E-state index in [4.69, 9.17) is 21.1 Å². The molecule has 0 spiro atoms. The first-order valence-corrected chi connectivity index (χ1v) is 9.44. The van der Waals surface area contributed by atoms with E-state index < -0.39 is 0 Å². The van der Waals surface area contributed by atoms with Crippen molar-refractivity contribution in [2.45, 2.75) is 12.3 Å². The topological polar surface area (TPSA) is 38.8 Å². The molecule has 0 unspecified atom stereocenters. The summed E-state index contributed by atoms with van der Waals surface area (Å²) in [5, 5.41) is 0.363. The number of methoxy groups -OCH3 is 2. The third-order valence-corrected chi connectivity index (χ3v) is 4.99. The van der Waals surface area contributed by atoms with Crippen LogP contribution in [0.15, 0.2) is 36.4 Å². The number of amides is 1. The Kier molecular flexibility index (Phi) is 7.60. The Labute approximate surface area is 162 Å². The highest BCUT2D eigenvalue weighted by atomic mass is 35.5. The smallest absolute Gasteiger partial charge is 0.232 e. The molecule has 2 rings (SSSR count). The summed E-state index contributed by atoms with van der Waals surface area (Å²) in [6.07, 6.45) is 0. The second-order valence-electron chi connectivity index (χ2n) is 5.67. The van der Waals surface area contributed by atoms with Crippen molar-refractivity contribution in [1.29, 1.82) is 0 Å². The minimum absolute atomic E-state index is 0.0286. The number of ether oxygens (including phenoxy) is 2. The van der Waals surface area contributed by atoms with Gasteiger partial charge in [-0.3, -0.25) is 4.79 Å². The van der Waals surface area contributed by atoms with E-state index in [2.05, 4.69) is 0 Å². The van der Waals surface area contributed by atoms with Gasteiger partial charge in [-0.2, -0.15) is 0 Å². The summed E-state index contributed by atoms with van der Waals surface area (Å²) in [5.74, 6) is 1.57. The Balaban J connectivity index is 1.87. The molecule has 2 aromatic carbocycles. The number of hydrogen-bond acceptors (Lipinski definition) is 4. The summed E-state index contributed by atoms with van der Waals surface area (Å²) in [4.78, 5) is 13.9. The van der Waals surface area contributed by atoms with Crippen LogP contribution in [-0.4, -0.2) is 37.8 Å². The van der Waals surface area contributed by atoms with Crippen molar-refractivity contribution in [3.63, 3.8) is 0 Å². The van der Waals surface area contributed by atoms with Crippen LogP contribution in [0.2, 0.25) is 5.02 Å². The maximum Gasteiger partial charge on any atom is 0.232 e. The van der Waals surface area contributed by atoms with Gasteiger partial charge in [-0.05, 0) is 35.4 Å². The van der Waals surface area contributed by atoms with Crippen molar-refractivity contribution < 1.29 is 18.7 Å². The molecule has 1 amide bonds. The van der Waals surface area contributed by atoms with Crippen LogP contribution in [0.25, 0.3) is 0 Å². The van der Waals surface area contributed by atoms with Gasteiger partial charge in [0.2, 0.25) is 5.91 Å². The van der Waals surface area contributed by atoms with E-state index in [-0.39, 0.29) is 17.5 Å². The molecule has 0 radical (unpaired) electrons. The summed E-state index contributed by atoms with van der Waals surface area (Å²) in [6.45, 7) is 0.453. The van der Waals surface area contributed by atoms with Crippen molar-refractivity contribution in [2.24, 2.45) is 0 Å². The predicted molar refractivity (Wildman–Crippen MR) is 104 cm³/mol. The second-order valence-corrected chi connectivity index (χ2v) is 7.09. The normalized spacial score (nSPS) is 10.5. The monoisotopic (exact) mass is 397 g/mol. The van der Waals surface area contributed by atoms with Crippen LogP contribution in [0.3, 0.4) is 0 Å². The van der Waals surface area contributed by atoms with E-state index in [0.717, 1.165) is 5.56 Å². The lowest BCUT2D eigenvalue weighted by molar-refractivity contribution is -0.127. The maximum atomic E-state index is 13.7. The molecule has 0 aliphatic carbocycles. The molecule has 4 nitrogen and oxygen atoms in total. The number of hydrogen-bond donors (Lipinski definition) is 0. The molecule has 0 bridgehead atoms. The SMILES string of the molecule is COc1ccc(CN(C)C(=O)CSCc2ccc(Cl)cc2F)cc1OC. The zero-order valence-corrected chi connectivity index (χ0v) is 16.5. The highest BCUT2D eigenvalue weighted by Crippen LogP contribution is 2.28. The first-order valence-electron chi connectivity index (χ1n) is 7.91. The van der Waals surface area contributed by atoms with Crippen LogP contribution in [-0.2, 0) is 17.1 Å². The average molecular weight is 398 g/mol. The molecule has 0 N–H and O–H groups in total. The van der Waals surface area contributed by atoms with Crippen molar-refractivity contribution in [3.05, 3.63) is 58.4 Å². The van der Waals surface area contributed by atoms with Gasteiger partial charge in [-0.1, -0.05) is 23.7 Å². The minimum Gasteiger partial charge on any atom is -0.493 e. The zero-order valence-electron chi connectivity index (χ0n) is 14.9. The number of carbonyl (C=O) groups excluding carboxylic acids is 1. The molecule has 0 saturated heterocycles. The Morgan fingerprint density at radius 2 is 1.88 bits per heavy atom. The zero-order chi connectivity index (χ0) is 19.1. The van der Waals surface area contributed by atoms with Gasteiger partial charge in [0.1, 0.15) is 5.82 Å². The molecule has 0 aromatic heterocycles. The summed E-state index contributed by atoms with van der Waals surface area (Å²) in [5.41, 5.74) is 1.47. The van der Waals surface area contributed by atoms with Crippen LogP contribution in [0.4, 0.5) is 4.39 Å². The number of halogens is 2. The van der Waals surface area contributed by atoms with Gasteiger partial charge in [0, 0.05) is 24.4 Å². The molecule has 140 valence electrons. The summed E-state index contributed by atoms with van der Waals surface area (Å²) < 4.78 is 24.2. The molecule has 0 atom stereocenters. The van der Waals surface area contributed by atoms with Crippen molar-refractivity contribution >= 4 is 29.3 Å². The number of rotatable bonds is 8. The van der Waals surface area contributed by atoms with Gasteiger partial charge in [0.05, 0.1) is 20.0 Å². The molecule has 0 fully saturated rings. The fourth-order valence-electron chi connectivity index (χ4n) is 2.34. The third-order valence-electron chi connectivity index (χ3n) is 3.79. The molecule has 0 saturated carbocycles. The van der Waals surface area contributed by atoms with Crippen LogP contribution < -0.4 is 9.47 Å². The van der Waals surface area contributed by atoms with Gasteiger partial charge in [0.25, 0.3) is 0 Å². The summed E-state index contributed by atoms with van der Waals surface area (Å²) in [6, 6.07) is 10.1. The fourth-order valence-corrected chi connectivity index (χ4v) is 3.45. The number of carbonyl (C=O) groups is 1. The van der Waals surface area contributed by atoms with E-state index in [1.165, 1.54) is 17.8 Å². The molecular formula is C19H21ClFNO3S. The van der Waals surface area contributed by atoms with Crippen molar-refractivity contribution in [2.75, 3.05) is 27.0 Å². The summed E-state index contributed by atoms with van der Waals surface area (Å²) >= 11 is 7.10. The minimum atomic E-state index is -0.351. The third kappa shape index (κ3) is 5.54. The first kappa shape index (κ1) is 20.4. The van der Waals surface area contributed by atoms with Gasteiger partial charge < -0.3 is 14.4 Å². The molecule has 0 aliphatic heterocycles. The predicted octanol–water partition coefficient (Wildman–Crippen LogP) is 4.39. The lowest BCUT2D eigenvalue weighted by Crippen LogP contribution is -2.27. The highest BCUT2D eigenvalue weighted by Gasteiger charge is 2.12. The number of thioether (sulfide) groups is 1. The van der Waals surface area contributed by atoms with Crippen LogP contribution >= 0.6 is 23.4 Å². The Hall–Kier alpha value is -1.92.